The topological polar surface area (TPSA) is 78.2 Å². The second kappa shape index (κ2) is 11.9. The third-order valence-electron chi connectivity index (χ3n) is 8.96. The minimum absolute atomic E-state index is 0.0571. The molecule has 4 heterocycles. The van der Waals surface area contributed by atoms with Crippen LogP contribution in [0, 0.1) is 0 Å². The third kappa shape index (κ3) is 5.69. The van der Waals surface area contributed by atoms with Crippen LogP contribution in [0.4, 0.5) is 17.3 Å². The van der Waals surface area contributed by atoms with Crippen LogP contribution >= 0.6 is 11.6 Å². The number of nitrogens with one attached hydrogen (secondary N) is 1. The molecule has 2 saturated heterocycles. The van der Waals surface area contributed by atoms with Crippen LogP contribution in [0.3, 0.4) is 0 Å². The smallest absolute Gasteiger partial charge is 0.253 e. The first kappa shape index (κ1) is 28.5. The Bertz CT molecular complexity index is 1520. The van der Waals surface area contributed by atoms with Crippen molar-refractivity contribution in [2.75, 3.05) is 57.6 Å². The van der Waals surface area contributed by atoms with Crippen LogP contribution in [0.25, 0.3) is 5.65 Å². The molecular weight excluding hydrogens is 550 g/mol. The fourth-order valence-electron chi connectivity index (χ4n) is 6.24. The van der Waals surface area contributed by atoms with E-state index in [1.165, 1.54) is 0 Å². The van der Waals surface area contributed by atoms with Gasteiger partial charge in [0.05, 0.1) is 11.3 Å². The molecule has 0 atom stereocenters. The summed E-state index contributed by atoms with van der Waals surface area (Å²) in [6.45, 7) is 3.70. The van der Waals surface area contributed by atoms with Gasteiger partial charge in [-0.2, -0.15) is 4.98 Å². The number of carbonyl (C=O) groups excluding carboxylic acids is 1. The van der Waals surface area contributed by atoms with Crippen molar-refractivity contribution in [3.05, 3.63) is 83.0 Å². The Morgan fingerprint density at radius 2 is 1.71 bits per heavy atom. The molecule has 9 nitrogen and oxygen atoms in total. The van der Waals surface area contributed by atoms with Gasteiger partial charge in [0.25, 0.3) is 5.91 Å². The maximum atomic E-state index is 13.1. The van der Waals surface area contributed by atoms with Crippen LogP contribution in [-0.4, -0.2) is 83.7 Å². The molecule has 220 valence electrons. The number of ether oxygens (including phenoxy) is 1. The molecule has 6 rings (SSSR count). The number of benzene rings is 2. The molecule has 10 heteroatoms. The van der Waals surface area contributed by atoms with E-state index in [4.69, 9.17) is 21.3 Å². The summed E-state index contributed by atoms with van der Waals surface area (Å²) in [5.41, 5.74) is 4.17. The molecule has 1 N–H and O–H groups in total. The molecule has 2 aliphatic heterocycles. The van der Waals surface area contributed by atoms with Crippen molar-refractivity contribution in [2.24, 2.45) is 0 Å². The van der Waals surface area contributed by atoms with Gasteiger partial charge in [-0.15, -0.1) is 5.10 Å². The molecule has 4 aromatic rings. The number of fused-ring (bicyclic) bond motifs is 1. The Kier molecular flexibility index (Phi) is 8.07. The van der Waals surface area contributed by atoms with Crippen LogP contribution in [0.1, 0.15) is 41.6 Å². The van der Waals surface area contributed by atoms with E-state index >= 15 is 0 Å². The zero-order valence-electron chi connectivity index (χ0n) is 24.5. The van der Waals surface area contributed by atoms with Crippen LogP contribution in [-0.2, 0) is 10.3 Å². The van der Waals surface area contributed by atoms with Crippen molar-refractivity contribution < 1.29 is 9.53 Å². The minimum Gasteiger partial charge on any atom is -0.373 e. The number of amides is 1. The first-order chi connectivity index (χ1) is 20.3. The lowest BCUT2D eigenvalue weighted by Crippen LogP contribution is -2.44. The van der Waals surface area contributed by atoms with Gasteiger partial charge in [0.2, 0.25) is 5.95 Å². The second-order valence-corrected chi connectivity index (χ2v) is 11.9. The van der Waals surface area contributed by atoms with Gasteiger partial charge < -0.3 is 24.8 Å². The lowest BCUT2D eigenvalue weighted by atomic mass is 9.84. The number of hydrogen-bond donors (Lipinski definition) is 1. The predicted molar refractivity (Wildman–Crippen MR) is 167 cm³/mol. The number of carbonyl (C=O) groups is 1. The van der Waals surface area contributed by atoms with Crippen molar-refractivity contribution >= 4 is 40.5 Å². The van der Waals surface area contributed by atoms with E-state index in [2.05, 4.69) is 45.5 Å². The molecule has 0 bridgehead atoms. The van der Waals surface area contributed by atoms with Gasteiger partial charge in [-0.05, 0) is 99.9 Å². The third-order valence-corrected chi connectivity index (χ3v) is 9.21. The molecule has 2 fully saturated rings. The van der Waals surface area contributed by atoms with Crippen molar-refractivity contribution in [1.29, 1.82) is 0 Å². The van der Waals surface area contributed by atoms with E-state index < -0.39 is 0 Å². The Morgan fingerprint density at radius 3 is 2.38 bits per heavy atom. The summed E-state index contributed by atoms with van der Waals surface area (Å²) in [6, 6.07) is 19.9. The largest absolute Gasteiger partial charge is 0.373 e. The predicted octanol–water partition coefficient (Wildman–Crippen LogP) is 5.43. The lowest BCUT2D eigenvalue weighted by Gasteiger charge is -2.42. The molecular formula is C32H38ClN7O2. The van der Waals surface area contributed by atoms with Crippen LogP contribution in [0.5, 0.6) is 0 Å². The van der Waals surface area contributed by atoms with Gasteiger partial charge in [0, 0.05) is 55.8 Å². The number of rotatable bonds is 7. The van der Waals surface area contributed by atoms with E-state index in [1.54, 1.807) is 7.11 Å². The summed E-state index contributed by atoms with van der Waals surface area (Å²) in [5.74, 6) is 0.566. The molecule has 0 aliphatic carbocycles. The van der Waals surface area contributed by atoms with Gasteiger partial charge in [-0.1, -0.05) is 23.7 Å². The standard InChI is InChI=1S/C32H38ClN7O2/c1-37-19-14-27(15-20-37)38(2)30(41)23-6-12-26(13-7-23)34-31-35-29-28(5-4-18-40(29)36-31)39-21-16-32(42-3,17-22-39)24-8-10-25(33)11-9-24/h4-13,18,27H,14-17,19-22H2,1-3H3,(H,34,36). The average molecular weight is 588 g/mol. The van der Waals surface area contributed by atoms with E-state index in [-0.39, 0.29) is 17.6 Å². The highest BCUT2D eigenvalue weighted by Gasteiger charge is 2.37. The summed E-state index contributed by atoms with van der Waals surface area (Å²) in [5, 5.41) is 8.71. The molecule has 2 aliphatic rings. The van der Waals surface area contributed by atoms with E-state index in [9.17, 15) is 4.79 Å². The molecule has 2 aromatic carbocycles. The number of aromatic nitrogens is 3. The molecule has 0 spiro atoms. The highest BCUT2D eigenvalue weighted by Crippen LogP contribution is 2.38. The monoisotopic (exact) mass is 587 g/mol. The number of likely N-dealkylation sites (tertiary alicyclic amines) is 1. The number of nitrogens with zero attached hydrogens (tertiary/aromatic N) is 6. The fourth-order valence-corrected chi connectivity index (χ4v) is 6.37. The van der Waals surface area contributed by atoms with Gasteiger partial charge in [0.1, 0.15) is 0 Å². The normalized spacial score (nSPS) is 17.9. The maximum absolute atomic E-state index is 13.1. The van der Waals surface area contributed by atoms with E-state index in [1.807, 2.05) is 65.1 Å². The molecule has 42 heavy (non-hydrogen) atoms. The first-order valence-electron chi connectivity index (χ1n) is 14.6. The molecule has 2 aromatic heterocycles. The Balaban J connectivity index is 1.13. The summed E-state index contributed by atoms with van der Waals surface area (Å²) in [6.07, 6.45) is 5.63. The van der Waals surface area contributed by atoms with Gasteiger partial charge in [0.15, 0.2) is 5.65 Å². The number of halogens is 1. The van der Waals surface area contributed by atoms with Crippen molar-refractivity contribution in [3.63, 3.8) is 0 Å². The zero-order chi connectivity index (χ0) is 29.3. The van der Waals surface area contributed by atoms with Gasteiger partial charge in [-0.3, -0.25) is 4.79 Å². The fraction of sp³-hybridized carbons (Fsp3) is 0.406. The highest BCUT2D eigenvalue weighted by molar-refractivity contribution is 6.30. The van der Waals surface area contributed by atoms with Crippen LogP contribution in [0.15, 0.2) is 66.9 Å². The van der Waals surface area contributed by atoms with Crippen molar-refractivity contribution in [3.8, 4) is 0 Å². The number of pyridine rings is 1. The molecule has 0 unspecified atom stereocenters. The maximum Gasteiger partial charge on any atom is 0.253 e. The Morgan fingerprint density at radius 1 is 1.02 bits per heavy atom. The number of piperidine rings is 2. The average Bonchev–Trinajstić information content (AvgIpc) is 3.44. The number of anilines is 3. The number of hydrogen-bond acceptors (Lipinski definition) is 7. The first-order valence-corrected chi connectivity index (χ1v) is 15.0. The number of methoxy groups -OCH3 is 1. The zero-order valence-corrected chi connectivity index (χ0v) is 25.2. The Labute approximate surface area is 252 Å². The van der Waals surface area contributed by atoms with Crippen LogP contribution in [0.2, 0.25) is 5.02 Å². The van der Waals surface area contributed by atoms with E-state index in [0.29, 0.717) is 11.5 Å². The quantitative estimate of drug-likeness (QED) is 0.309. The van der Waals surface area contributed by atoms with Crippen molar-refractivity contribution in [2.45, 2.75) is 37.3 Å². The summed E-state index contributed by atoms with van der Waals surface area (Å²) >= 11 is 6.13. The summed E-state index contributed by atoms with van der Waals surface area (Å²) in [4.78, 5) is 24.5. The van der Waals surface area contributed by atoms with Gasteiger partial charge >= 0.3 is 0 Å². The summed E-state index contributed by atoms with van der Waals surface area (Å²) in [7, 11) is 5.83. The second-order valence-electron chi connectivity index (χ2n) is 11.4. The lowest BCUT2D eigenvalue weighted by molar-refractivity contribution is -0.0346. The molecule has 1 amide bonds. The Hall–Kier alpha value is -3.66. The molecule has 0 radical (unpaired) electrons. The van der Waals surface area contributed by atoms with Crippen LogP contribution < -0.4 is 10.2 Å². The van der Waals surface area contributed by atoms with Gasteiger partial charge in [-0.25, -0.2) is 4.52 Å². The SMILES string of the molecule is COC1(c2ccc(Cl)cc2)CCN(c2cccn3nc(Nc4ccc(C(=O)N(C)C5CCN(C)CC5)cc4)nc23)CC1. The minimum atomic E-state index is -0.331. The highest BCUT2D eigenvalue weighted by atomic mass is 35.5. The van der Waals surface area contributed by atoms with Crippen molar-refractivity contribution in [1.82, 2.24) is 24.4 Å². The molecule has 0 saturated carbocycles. The van der Waals surface area contributed by atoms with E-state index in [0.717, 1.165) is 79.5 Å². The summed E-state index contributed by atoms with van der Waals surface area (Å²) < 4.78 is 7.89.